The number of likely N-dealkylation sites (N-methyl/N-ethyl adjacent to an activating group) is 1. The molecule has 0 unspecified atom stereocenters. The van der Waals surface area contributed by atoms with E-state index in [2.05, 4.69) is 10.6 Å². The molecule has 0 saturated heterocycles. The minimum atomic E-state index is -1.35. The molecule has 1 rings (SSSR count). The number of anilines is 1. The Hall–Kier alpha value is -2.15. The predicted molar refractivity (Wildman–Crippen MR) is 78.1 cm³/mol. The zero-order valence-corrected chi connectivity index (χ0v) is 12.5. The van der Waals surface area contributed by atoms with E-state index < -0.39 is 23.4 Å². The van der Waals surface area contributed by atoms with E-state index in [0.717, 1.165) is 12.1 Å². The van der Waals surface area contributed by atoms with Crippen molar-refractivity contribution >= 4 is 17.7 Å². The second-order valence-electron chi connectivity index (χ2n) is 5.51. The van der Waals surface area contributed by atoms with Crippen molar-refractivity contribution in [2.24, 2.45) is 0 Å². The van der Waals surface area contributed by atoms with Crippen LogP contribution >= 0.6 is 0 Å². The molecule has 0 aliphatic heterocycles. The number of rotatable bonds is 5. The number of nitrogens with zero attached hydrogens (tertiary/aromatic N) is 1. The number of benzene rings is 1. The van der Waals surface area contributed by atoms with Gasteiger partial charge in [0.15, 0.2) is 0 Å². The highest BCUT2D eigenvalue weighted by Gasteiger charge is 2.21. The third kappa shape index (κ3) is 4.71. The highest BCUT2D eigenvalue weighted by Crippen LogP contribution is 2.14. The minimum Gasteiger partial charge on any atom is -0.478 e. The number of carboxylic acid groups (broad SMARTS) is 1. The van der Waals surface area contributed by atoms with Crippen LogP contribution in [0.15, 0.2) is 18.2 Å². The van der Waals surface area contributed by atoms with Crippen molar-refractivity contribution in [1.82, 2.24) is 10.2 Å². The normalized spacial score (nSPS) is 11.3. The molecule has 1 aromatic rings. The van der Waals surface area contributed by atoms with Gasteiger partial charge in [-0.15, -0.1) is 0 Å². The molecule has 0 aliphatic carbocycles. The lowest BCUT2D eigenvalue weighted by atomic mass is 10.1. The standard InChI is InChI=1S/C14H20FN3O3/c1-14(2,18(3)4)8-16-13(21)17-9-5-6-10(12(19)20)11(15)7-9/h5-7H,8H2,1-4H3,(H,19,20)(H2,16,17,21). The summed E-state index contributed by atoms with van der Waals surface area (Å²) >= 11 is 0. The molecule has 0 aromatic heterocycles. The van der Waals surface area contributed by atoms with Crippen molar-refractivity contribution in [3.63, 3.8) is 0 Å². The van der Waals surface area contributed by atoms with Crippen LogP contribution < -0.4 is 10.6 Å². The van der Waals surface area contributed by atoms with E-state index in [9.17, 15) is 14.0 Å². The van der Waals surface area contributed by atoms with Gasteiger partial charge in [0.05, 0.1) is 5.56 Å². The number of nitrogens with one attached hydrogen (secondary N) is 2. The van der Waals surface area contributed by atoms with Crippen LogP contribution in [0.3, 0.4) is 0 Å². The third-order valence-electron chi connectivity index (χ3n) is 3.35. The first-order chi connectivity index (χ1) is 9.63. The Morgan fingerprint density at radius 3 is 2.43 bits per heavy atom. The average molecular weight is 297 g/mol. The summed E-state index contributed by atoms with van der Waals surface area (Å²) in [5.41, 5.74) is -0.470. The Morgan fingerprint density at radius 2 is 1.95 bits per heavy atom. The largest absolute Gasteiger partial charge is 0.478 e. The average Bonchev–Trinajstić information content (AvgIpc) is 2.36. The smallest absolute Gasteiger partial charge is 0.338 e. The zero-order valence-electron chi connectivity index (χ0n) is 12.5. The van der Waals surface area contributed by atoms with Crippen LogP contribution in [-0.2, 0) is 0 Å². The lowest BCUT2D eigenvalue weighted by molar-refractivity contribution is 0.0692. The van der Waals surface area contributed by atoms with Crippen LogP contribution in [-0.4, -0.2) is 48.2 Å². The summed E-state index contributed by atoms with van der Waals surface area (Å²) in [6.45, 7) is 4.34. The molecule has 0 radical (unpaired) electrons. The molecular weight excluding hydrogens is 277 g/mol. The Morgan fingerprint density at radius 1 is 1.33 bits per heavy atom. The fourth-order valence-corrected chi connectivity index (χ4v) is 1.40. The second kappa shape index (κ2) is 6.53. The first-order valence-corrected chi connectivity index (χ1v) is 6.38. The van der Waals surface area contributed by atoms with Crippen molar-refractivity contribution in [2.45, 2.75) is 19.4 Å². The number of carbonyl (C=O) groups excluding carboxylic acids is 1. The van der Waals surface area contributed by atoms with Crippen LogP contribution in [0.25, 0.3) is 0 Å². The van der Waals surface area contributed by atoms with Gasteiger partial charge in [-0.2, -0.15) is 0 Å². The van der Waals surface area contributed by atoms with Gasteiger partial charge in [0.2, 0.25) is 0 Å². The number of halogens is 1. The lowest BCUT2D eigenvalue weighted by Crippen LogP contribution is -2.49. The number of hydrogen-bond acceptors (Lipinski definition) is 3. The Labute approximate surface area is 122 Å². The quantitative estimate of drug-likeness (QED) is 0.776. The van der Waals surface area contributed by atoms with Crippen molar-refractivity contribution in [1.29, 1.82) is 0 Å². The van der Waals surface area contributed by atoms with Crippen LogP contribution in [0.4, 0.5) is 14.9 Å². The summed E-state index contributed by atoms with van der Waals surface area (Å²) in [5, 5.41) is 13.9. The molecule has 1 aromatic carbocycles. The summed E-state index contributed by atoms with van der Waals surface area (Å²) in [4.78, 5) is 24.4. The van der Waals surface area contributed by atoms with Gasteiger partial charge < -0.3 is 20.6 Å². The van der Waals surface area contributed by atoms with E-state index in [1.54, 1.807) is 0 Å². The number of aromatic carboxylic acids is 1. The summed E-state index contributed by atoms with van der Waals surface area (Å²) in [6.07, 6.45) is 0. The van der Waals surface area contributed by atoms with Gasteiger partial charge in [0, 0.05) is 17.8 Å². The number of carboxylic acids is 1. The van der Waals surface area contributed by atoms with E-state index in [-0.39, 0.29) is 11.2 Å². The molecule has 2 amide bonds. The topological polar surface area (TPSA) is 81.7 Å². The van der Waals surface area contributed by atoms with Gasteiger partial charge in [-0.25, -0.2) is 14.0 Å². The zero-order chi connectivity index (χ0) is 16.2. The van der Waals surface area contributed by atoms with Crippen molar-refractivity contribution in [3.05, 3.63) is 29.6 Å². The molecule has 0 heterocycles. The fraction of sp³-hybridized carbons (Fsp3) is 0.429. The summed E-state index contributed by atoms with van der Waals surface area (Å²) in [7, 11) is 3.80. The molecular formula is C14H20FN3O3. The third-order valence-corrected chi connectivity index (χ3v) is 3.35. The summed E-state index contributed by atoms with van der Waals surface area (Å²) < 4.78 is 13.5. The molecule has 0 aliphatic rings. The summed E-state index contributed by atoms with van der Waals surface area (Å²) in [5.74, 6) is -2.25. The van der Waals surface area contributed by atoms with Crippen LogP contribution in [0, 0.1) is 5.82 Å². The highest BCUT2D eigenvalue weighted by molar-refractivity contribution is 5.91. The molecule has 6 nitrogen and oxygen atoms in total. The minimum absolute atomic E-state index is 0.192. The van der Waals surface area contributed by atoms with E-state index in [1.807, 2.05) is 32.8 Å². The van der Waals surface area contributed by atoms with E-state index in [4.69, 9.17) is 5.11 Å². The van der Waals surface area contributed by atoms with Gasteiger partial charge in [-0.05, 0) is 46.1 Å². The van der Waals surface area contributed by atoms with Gasteiger partial charge >= 0.3 is 12.0 Å². The van der Waals surface area contributed by atoms with Crippen LogP contribution in [0.2, 0.25) is 0 Å². The van der Waals surface area contributed by atoms with E-state index >= 15 is 0 Å². The van der Waals surface area contributed by atoms with Gasteiger partial charge in [0.1, 0.15) is 5.82 Å². The lowest BCUT2D eigenvalue weighted by Gasteiger charge is -2.32. The molecule has 3 N–H and O–H groups in total. The van der Waals surface area contributed by atoms with E-state index in [1.165, 1.54) is 6.07 Å². The number of hydrogen-bond donors (Lipinski definition) is 3. The Bertz CT molecular complexity index is 544. The molecule has 116 valence electrons. The maximum atomic E-state index is 13.5. The predicted octanol–water partition coefficient (Wildman–Crippen LogP) is 1.99. The Kier molecular flexibility index (Phi) is 5.26. The molecule has 21 heavy (non-hydrogen) atoms. The SMILES string of the molecule is CN(C)C(C)(C)CNC(=O)Nc1ccc(C(=O)O)c(F)c1. The van der Waals surface area contributed by atoms with Crippen molar-refractivity contribution in [2.75, 3.05) is 26.0 Å². The highest BCUT2D eigenvalue weighted by atomic mass is 19.1. The van der Waals surface area contributed by atoms with Crippen LogP contribution in [0.5, 0.6) is 0 Å². The number of amides is 2. The molecule has 7 heteroatoms. The molecule has 0 fully saturated rings. The van der Waals surface area contributed by atoms with E-state index in [0.29, 0.717) is 6.54 Å². The molecule has 0 saturated carbocycles. The van der Waals surface area contributed by atoms with Crippen LogP contribution in [0.1, 0.15) is 24.2 Å². The Balaban J connectivity index is 2.64. The van der Waals surface area contributed by atoms with Gasteiger partial charge in [-0.3, -0.25) is 0 Å². The van der Waals surface area contributed by atoms with Crippen molar-refractivity contribution in [3.8, 4) is 0 Å². The number of urea groups is 1. The molecule has 0 bridgehead atoms. The first kappa shape index (κ1) is 16.9. The molecule has 0 atom stereocenters. The summed E-state index contributed by atoms with van der Waals surface area (Å²) in [6, 6.07) is 2.94. The van der Waals surface area contributed by atoms with Gasteiger partial charge in [0.25, 0.3) is 0 Å². The maximum Gasteiger partial charge on any atom is 0.338 e. The monoisotopic (exact) mass is 297 g/mol. The maximum absolute atomic E-state index is 13.5. The second-order valence-corrected chi connectivity index (χ2v) is 5.51. The number of carbonyl (C=O) groups is 2. The fourth-order valence-electron chi connectivity index (χ4n) is 1.40. The van der Waals surface area contributed by atoms with Gasteiger partial charge in [-0.1, -0.05) is 0 Å². The van der Waals surface area contributed by atoms with Crippen molar-refractivity contribution < 1.29 is 19.1 Å². The molecule has 0 spiro atoms. The first-order valence-electron chi connectivity index (χ1n) is 6.38.